The molecule has 1 atom stereocenters. The van der Waals surface area contributed by atoms with Gasteiger partial charge in [0.2, 0.25) is 0 Å². The zero-order chi connectivity index (χ0) is 15.6. The summed E-state index contributed by atoms with van der Waals surface area (Å²) in [6, 6.07) is 14.5. The summed E-state index contributed by atoms with van der Waals surface area (Å²) in [5.41, 5.74) is 4.58. The molecule has 2 rings (SSSR count). The van der Waals surface area contributed by atoms with Crippen LogP contribution >= 0.6 is 22.6 Å². The minimum absolute atomic E-state index is 0.398. The van der Waals surface area contributed by atoms with Crippen LogP contribution in [-0.2, 0) is 0 Å². The number of aliphatic hydroxyl groups is 1. The topological polar surface area (TPSA) is 20.2 Å². The highest BCUT2D eigenvalue weighted by Crippen LogP contribution is 2.33. The van der Waals surface area contributed by atoms with Crippen molar-refractivity contribution in [2.24, 2.45) is 0 Å². The Morgan fingerprint density at radius 1 is 0.810 bits per heavy atom. The molecular weight excluding hydrogens is 371 g/mol. The Balaban J connectivity index is 2.50. The van der Waals surface area contributed by atoms with Gasteiger partial charge in [0.15, 0.2) is 0 Å². The smallest absolute Gasteiger partial charge is 0.105 e. The Hall–Kier alpha value is -0.870. The summed E-state index contributed by atoms with van der Waals surface area (Å²) >= 11 is 2.29. The normalized spacial score (nSPS) is 13.0. The van der Waals surface area contributed by atoms with Crippen molar-refractivity contribution >= 4 is 22.6 Å². The second-order valence-corrected chi connectivity index (χ2v) is 7.28. The van der Waals surface area contributed by atoms with Crippen molar-refractivity contribution in [3.63, 3.8) is 0 Å². The van der Waals surface area contributed by atoms with Gasteiger partial charge in [0, 0.05) is 3.57 Å². The molecule has 0 heterocycles. The number of hydrogen-bond acceptors (Lipinski definition) is 1. The van der Waals surface area contributed by atoms with E-state index in [2.05, 4.69) is 68.5 Å². The van der Waals surface area contributed by atoms with E-state index in [1.165, 1.54) is 11.1 Å². The minimum Gasteiger partial charge on any atom is -0.384 e. The summed E-state index contributed by atoms with van der Waals surface area (Å²) in [6.45, 7) is 8.78. The van der Waals surface area contributed by atoms with Gasteiger partial charge in [-0.2, -0.15) is 0 Å². The van der Waals surface area contributed by atoms with Crippen LogP contribution in [0.15, 0.2) is 42.5 Å². The molecule has 2 aromatic rings. The van der Waals surface area contributed by atoms with Crippen LogP contribution in [0.3, 0.4) is 0 Å². The first-order chi connectivity index (χ1) is 9.91. The predicted molar refractivity (Wildman–Crippen MR) is 97.8 cm³/mol. The molecular formula is C19H23IO. The third-order valence-electron chi connectivity index (χ3n) is 3.89. The summed E-state index contributed by atoms with van der Waals surface area (Å²) in [7, 11) is 0. The quantitative estimate of drug-likeness (QED) is 0.668. The van der Waals surface area contributed by atoms with Crippen LogP contribution in [0.4, 0.5) is 0 Å². The third kappa shape index (κ3) is 3.67. The van der Waals surface area contributed by atoms with E-state index >= 15 is 0 Å². The fourth-order valence-corrected chi connectivity index (χ4v) is 3.25. The molecule has 0 aliphatic heterocycles. The molecule has 2 aromatic carbocycles. The van der Waals surface area contributed by atoms with Gasteiger partial charge >= 0.3 is 0 Å². The molecule has 0 spiro atoms. The van der Waals surface area contributed by atoms with E-state index in [1.54, 1.807) is 0 Å². The van der Waals surface area contributed by atoms with Crippen molar-refractivity contribution in [3.8, 4) is 0 Å². The largest absolute Gasteiger partial charge is 0.384 e. The molecule has 2 heteroatoms. The van der Waals surface area contributed by atoms with Crippen molar-refractivity contribution in [3.05, 3.63) is 68.3 Å². The van der Waals surface area contributed by atoms with Gasteiger partial charge in [-0.25, -0.2) is 0 Å². The molecule has 1 unspecified atom stereocenters. The number of benzene rings is 2. The molecule has 0 saturated carbocycles. The van der Waals surface area contributed by atoms with Gasteiger partial charge in [-0.3, -0.25) is 0 Å². The van der Waals surface area contributed by atoms with Gasteiger partial charge in [-0.1, -0.05) is 64.1 Å². The lowest BCUT2D eigenvalue weighted by Crippen LogP contribution is -2.07. The van der Waals surface area contributed by atoms with E-state index in [0.717, 1.165) is 14.7 Å². The van der Waals surface area contributed by atoms with Crippen LogP contribution in [0, 0.1) is 3.57 Å². The molecule has 21 heavy (non-hydrogen) atoms. The van der Waals surface area contributed by atoms with Crippen molar-refractivity contribution in [1.82, 2.24) is 0 Å². The molecule has 1 nitrogen and oxygen atoms in total. The molecule has 0 saturated heterocycles. The molecule has 0 bridgehead atoms. The average molecular weight is 394 g/mol. The first kappa shape index (κ1) is 16.5. The first-order valence-corrected chi connectivity index (χ1v) is 8.56. The van der Waals surface area contributed by atoms with E-state index in [9.17, 15) is 5.11 Å². The molecule has 0 radical (unpaired) electrons. The van der Waals surface area contributed by atoms with Crippen molar-refractivity contribution in [2.75, 3.05) is 0 Å². The number of aliphatic hydroxyl groups excluding tert-OH is 1. The number of rotatable bonds is 4. The molecule has 0 aliphatic rings. The van der Waals surface area contributed by atoms with Gasteiger partial charge in [-0.15, -0.1) is 0 Å². The first-order valence-electron chi connectivity index (χ1n) is 7.48. The monoisotopic (exact) mass is 394 g/mol. The average Bonchev–Trinajstić information content (AvgIpc) is 2.46. The van der Waals surface area contributed by atoms with Gasteiger partial charge in [0.05, 0.1) is 0 Å². The molecule has 0 amide bonds. The van der Waals surface area contributed by atoms with Gasteiger partial charge in [0.25, 0.3) is 0 Å². The minimum atomic E-state index is -0.559. The molecule has 0 aromatic heterocycles. The highest BCUT2D eigenvalue weighted by atomic mass is 127. The fourth-order valence-electron chi connectivity index (χ4n) is 2.57. The second kappa shape index (κ2) is 6.93. The summed E-state index contributed by atoms with van der Waals surface area (Å²) in [4.78, 5) is 0. The molecule has 1 N–H and O–H groups in total. The maximum absolute atomic E-state index is 10.8. The summed E-state index contributed by atoms with van der Waals surface area (Å²) in [5.74, 6) is 0.903. The molecule has 0 fully saturated rings. The maximum atomic E-state index is 10.8. The fraction of sp³-hybridized carbons (Fsp3) is 0.368. The lowest BCUT2D eigenvalue weighted by Gasteiger charge is -2.21. The Labute approximate surface area is 141 Å². The standard InChI is InChI=1S/C19H23IO/c1-12(2)14-9-10-15(17(11-14)13(3)4)19(21)16-7-5-6-8-18(16)20/h5-13,19,21H,1-4H3. The lowest BCUT2D eigenvalue weighted by atomic mass is 9.87. The van der Waals surface area contributed by atoms with E-state index in [0.29, 0.717) is 11.8 Å². The Bertz CT molecular complexity index is 617. The maximum Gasteiger partial charge on any atom is 0.105 e. The van der Waals surface area contributed by atoms with Crippen molar-refractivity contribution < 1.29 is 5.11 Å². The third-order valence-corrected chi connectivity index (χ3v) is 4.88. The van der Waals surface area contributed by atoms with Gasteiger partial charge < -0.3 is 5.11 Å². The van der Waals surface area contributed by atoms with Crippen molar-refractivity contribution in [1.29, 1.82) is 0 Å². The van der Waals surface area contributed by atoms with E-state index in [-0.39, 0.29) is 0 Å². The number of hydrogen-bond donors (Lipinski definition) is 1. The van der Waals surface area contributed by atoms with Gasteiger partial charge in [-0.05, 0) is 62.7 Å². The summed E-state index contributed by atoms with van der Waals surface area (Å²) < 4.78 is 1.10. The highest BCUT2D eigenvalue weighted by Gasteiger charge is 2.19. The van der Waals surface area contributed by atoms with Crippen molar-refractivity contribution in [2.45, 2.75) is 45.6 Å². The second-order valence-electron chi connectivity index (χ2n) is 6.12. The van der Waals surface area contributed by atoms with E-state index in [1.807, 2.05) is 24.3 Å². The summed E-state index contributed by atoms with van der Waals surface area (Å²) in [6.07, 6.45) is -0.559. The lowest BCUT2D eigenvalue weighted by molar-refractivity contribution is 0.218. The van der Waals surface area contributed by atoms with Crippen LogP contribution in [0.25, 0.3) is 0 Å². The Morgan fingerprint density at radius 2 is 1.48 bits per heavy atom. The highest BCUT2D eigenvalue weighted by molar-refractivity contribution is 14.1. The van der Waals surface area contributed by atoms with E-state index in [4.69, 9.17) is 0 Å². The number of halogens is 1. The Morgan fingerprint density at radius 3 is 2.05 bits per heavy atom. The zero-order valence-electron chi connectivity index (χ0n) is 13.1. The SMILES string of the molecule is CC(C)c1ccc(C(O)c2ccccc2I)c(C(C)C)c1. The van der Waals surface area contributed by atoms with Gasteiger partial charge in [0.1, 0.15) is 6.10 Å². The summed E-state index contributed by atoms with van der Waals surface area (Å²) in [5, 5.41) is 10.8. The zero-order valence-corrected chi connectivity index (χ0v) is 15.3. The van der Waals surface area contributed by atoms with Crippen LogP contribution in [0.5, 0.6) is 0 Å². The van der Waals surface area contributed by atoms with Crippen LogP contribution in [0.1, 0.15) is 67.9 Å². The van der Waals surface area contributed by atoms with Crippen LogP contribution < -0.4 is 0 Å². The molecule has 112 valence electrons. The van der Waals surface area contributed by atoms with E-state index < -0.39 is 6.10 Å². The predicted octanol–water partition coefficient (Wildman–Crippen LogP) is 5.62. The Kier molecular flexibility index (Phi) is 5.44. The van der Waals surface area contributed by atoms with Crippen LogP contribution in [0.2, 0.25) is 0 Å². The molecule has 0 aliphatic carbocycles. The van der Waals surface area contributed by atoms with Crippen LogP contribution in [-0.4, -0.2) is 5.11 Å².